The smallest absolute Gasteiger partial charge is 0.122 e. The van der Waals surface area contributed by atoms with Gasteiger partial charge in [-0.25, -0.2) is 0 Å². The molecule has 140 valence electrons. The summed E-state index contributed by atoms with van der Waals surface area (Å²) in [6, 6.07) is 8.31. The Morgan fingerprint density at radius 1 is 1.08 bits per heavy atom. The van der Waals surface area contributed by atoms with E-state index in [1.54, 1.807) is 0 Å². The number of para-hydroxylation sites is 1. The standard InChI is InChI=1S/C22H33NO.ClH/c1-21(2,3)15-10-7-11-16-23-17-14-19-12-8-9-13-20(19)24-18-22(4,5)6;/h7-9,11-13,23H,14,16-18H2,1-6H3;1H/b11-7+;. The molecule has 1 rings (SSSR count). The van der Waals surface area contributed by atoms with E-state index in [0.717, 1.165) is 31.9 Å². The molecule has 1 aromatic carbocycles. The molecular weight excluding hydrogens is 330 g/mol. The molecule has 0 aliphatic carbocycles. The van der Waals surface area contributed by atoms with Crippen LogP contribution in [0, 0.1) is 22.7 Å². The molecule has 0 radical (unpaired) electrons. The molecule has 0 aromatic heterocycles. The number of hydrogen-bond acceptors (Lipinski definition) is 2. The lowest BCUT2D eigenvalue weighted by molar-refractivity contribution is 0.196. The molecule has 0 fully saturated rings. The predicted octanol–water partition coefficient (Wildman–Crippen LogP) is 5.27. The molecule has 0 atom stereocenters. The van der Waals surface area contributed by atoms with Gasteiger partial charge < -0.3 is 10.1 Å². The number of benzene rings is 1. The first-order valence-electron chi connectivity index (χ1n) is 8.76. The first kappa shape index (κ1) is 23.6. The van der Waals surface area contributed by atoms with Crippen LogP contribution in [-0.4, -0.2) is 19.7 Å². The Morgan fingerprint density at radius 3 is 2.40 bits per heavy atom. The van der Waals surface area contributed by atoms with Gasteiger partial charge >= 0.3 is 0 Å². The Morgan fingerprint density at radius 2 is 1.76 bits per heavy atom. The normalized spacial score (nSPS) is 11.6. The Kier molecular flexibility index (Phi) is 10.6. The zero-order valence-corrected chi connectivity index (χ0v) is 17.4. The van der Waals surface area contributed by atoms with E-state index in [2.05, 4.69) is 83.0 Å². The van der Waals surface area contributed by atoms with Gasteiger partial charge in [-0.2, -0.15) is 0 Å². The first-order valence-corrected chi connectivity index (χ1v) is 8.76. The summed E-state index contributed by atoms with van der Waals surface area (Å²) in [5, 5.41) is 3.42. The van der Waals surface area contributed by atoms with Gasteiger partial charge in [-0.1, -0.05) is 56.9 Å². The molecule has 0 saturated heterocycles. The number of ether oxygens (including phenoxy) is 1. The highest BCUT2D eigenvalue weighted by Crippen LogP contribution is 2.22. The molecule has 0 spiro atoms. The van der Waals surface area contributed by atoms with Gasteiger partial charge in [0.15, 0.2) is 0 Å². The highest BCUT2D eigenvalue weighted by molar-refractivity contribution is 5.85. The maximum atomic E-state index is 5.98. The van der Waals surface area contributed by atoms with Gasteiger partial charge in [0.2, 0.25) is 0 Å². The van der Waals surface area contributed by atoms with Crippen LogP contribution in [0.4, 0.5) is 0 Å². The Balaban J connectivity index is 0.00000576. The fraction of sp³-hybridized carbons (Fsp3) is 0.545. The van der Waals surface area contributed by atoms with Gasteiger partial charge in [0.1, 0.15) is 5.75 Å². The fourth-order valence-electron chi connectivity index (χ4n) is 1.93. The van der Waals surface area contributed by atoms with Crippen molar-refractivity contribution < 1.29 is 4.74 Å². The maximum absolute atomic E-state index is 5.98. The van der Waals surface area contributed by atoms with Crippen molar-refractivity contribution >= 4 is 12.4 Å². The van der Waals surface area contributed by atoms with Gasteiger partial charge in [0.25, 0.3) is 0 Å². The Labute approximate surface area is 160 Å². The van der Waals surface area contributed by atoms with Crippen molar-refractivity contribution in [1.29, 1.82) is 0 Å². The SMILES string of the molecule is CC(C)(C)C#C/C=C/CNCCc1ccccc1OCC(C)(C)C.Cl. The lowest BCUT2D eigenvalue weighted by Crippen LogP contribution is -2.19. The highest BCUT2D eigenvalue weighted by Gasteiger charge is 2.12. The van der Waals surface area contributed by atoms with Crippen LogP contribution in [0.2, 0.25) is 0 Å². The van der Waals surface area contributed by atoms with E-state index < -0.39 is 0 Å². The molecule has 1 aromatic rings. The third-order valence-corrected chi connectivity index (χ3v) is 3.11. The molecule has 0 aliphatic heterocycles. The van der Waals surface area contributed by atoms with E-state index in [4.69, 9.17) is 4.74 Å². The molecule has 0 saturated carbocycles. The van der Waals surface area contributed by atoms with Crippen LogP contribution in [-0.2, 0) is 6.42 Å². The van der Waals surface area contributed by atoms with Gasteiger partial charge in [-0.3, -0.25) is 0 Å². The molecule has 0 heterocycles. The van der Waals surface area contributed by atoms with Crippen molar-refractivity contribution in [2.45, 2.75) is 48.0 Å². The molecule has 0 amide bonds. The van der Waals surface area contributed by atoms with Gasteiger partial charge in [0, 0.05) is 12.0 Å². The zero-order chi connectivity index (χ0) is 18.1. The summed E-state index contributed by atoms with van der Waals surface area (Å²) in [6.45, 7) is 15.4. The van der Waals surface area contributed by atoms with Crippen molar-refractivity contribution in [3.05, 3.63) is 42.0 Å². The summed E-state index contributed by atoms with van der Waals surface area (Å²) < 4.78 is 5.98. The van der Waals surface area contributed by atoms with Gasteiger partial charge in [-0.05, 0) is 56.9 Å². The van der Waals surface area contributed by atoms with Gasteiger partial charge in [0.05, 0.1) is 6.61 Å². The monoisotopic (exact) mass is 363 g/mol. The summed E-state index contributed by atoms with van der Waals surface area (Å²) in [7, 11) is 0. The van der Waals surface area contributed by atoms with E-state index >= 15 is 0 Å². The van der Waals surface area contributed by atoms with Crippen LogP contribution in [0.25, 0.3) is 0 Å². The second-order valence-corrected chi connectivity index (χ2v) is 8.33. The lowest BCUT2D eigenvalue weighted by Gasteiger charge is -2.20. The van der Waals surface area contributed by atoms with Crippen LogP contribution in [0.1, 0.15) is 47.1 Å². The third kappa shape index (κ3) is 12.6. The van der Waals surface area contributed by atoms with Crippen LogP contribution in [0.5, 0.6) is 5.75 Å². The highest BCUT2D eigenvalue weighted by atomic mass is 35.5. The number of hydrogen-bond donors (Lipinski definition) is 1. The van der Waals surface area contributed by atoms with Crippen LogP contribution in [0.3, 0.4) is 0 Å². The topological polar surface area (TPSA) is 21.3 Å². The van der Waals surface area contributed by atoms with Crippen LogP contribution >= 0.6 is 12.4 Å². The molecule has 25 heavy (non-hydrogen) atoms. The van der Waals surface area contributed by atoms with E-state index in [0.29, 0.717) is 0 Å². The van der Waals surface area contributed by atoms with E-state index in [1.165, 1.54) is 5.56 Å². The molecule has 0 bridgehead atoms. The molecular formula is C22H34ClNO. The zero-order valence-electron chi connectivity index (χ0n) is 16.6. The maximum Gasteiger partial charge on any atom is 0.122 e. The number of allylic oxidation sites excluding steroid dienone is 1. The minimum Gasteiger partial charge on any atom is -0.493 e. The van der Waals surface area contributed by atoms with Gasteiger partial charge in [-0.15, -0.1) is 12.4 Å². The summed E-state index contributed by atoms with van der Waals surface area (Å²) >= 11 is 0. The average Bonchev–Trinajstić information content (AvgIpc) is 2.47. The molecule has 0 aliphatic rings. The number of rotatable bonds is 7. The Hall–Kier alpha value is -1.43. The number of nitrogens with one attached hydrogen (secondary N) is 1. The minimum atomic E-state index is 0. The fourth-order valence-corrected chi connectivity index (χ4v) is 1.93. The quantitative estimate of drug-likeness (QED) is 0.526. The van der Waals surface area contributed by atoms with Crippen molar-refractivity contribution in [3.8, 4) is 17.6 Å². The third-order valence-electron chi connectivity index (χ3n) is 3.11. The summed E-state index contributed by atoms with van der Waals surface area (Å²) in [5.74, 6) is 7.28. The van der Waals surface area contributed by atoms with E-state index in [9.17, 15) is 0 Å². The summed E-state index contributed by atoms with van der Waals surface area (Å²) in [6.07, 6.45) is 4.96. The van der Waals surface area contributed by atoms with E-state index in [1.807, 2.05) is 12.1 Å². The van der Waals surface area contributed by atoms with Crippen LogP contribution < -0.4 is 10.1 Å². The lowest BCUT2D eigenvalue weighted by atomic mass is 9.98. The summed E-state index contributed by atoms with van der Waals surface area (Å²) in [5.41, 5.74) is 1.49. The molecule has 1 N–H and O–H groups in total. The van der Waals surface area contributed by atoms with Crippen LogP contribution in [0.15, 0.2) is 36.4 Å². The number of halogens is 1. The Bertz CT molecular complexity index is 583. The second-order valence-electron chi connectivity index (χ2n) is 8.33. The van der Waals surface area contributed by atoms with Crippen molar-refractivity contribution in [2.24, 2.45) is 10.8 Å². The predicted molar refractivity (Wildman–Crippen MR) is 112 cm³/mol. The molecule has 2 nitrogen and oxygen atoms in total. The first-order chi connectivity index (χ1) is 11.2. The average molecular weight is 364 g/mol. The van der Waals surface area contributed by atoms with Crippen molar-refractivity contribution in [1.82, 2.24) is 5.32 Å². The van der Waals surface area contributed by atoms with Crippen molar-refractivity contribution in [3.63, 3.8) is 0 Å². The largest absolute Gasteiger partial charge is 0.493 e. The second kappa shape index (κ2) is 11.2. The molecule has 3 heteroatoms. The van der Waals surface area contributed by atoms with E-state index in [-0.39, 0.29) is 23.2 Å². The van der Waals surface area contributed by atoms with Crippen molar-refractivity contribution in [2.75, 3.05) is 19.7 Å². The molecule has 0 unspecified atom stereocenters. The minimum absolute atomic E-state index is 0. The summed E-state index contributed by atoms with van der Waals surface area (Å²) in [4.78, 5) is 0.